The van der Waals surface area contributed by atoms with Crippen molar-refractivity contribution >= 4 is 29.2 Å². The Morgan fingerprint density at radius 3 is 2.71 bits per heavy atom. The van der Waals surface area contributed by atoms with E-state index in [-0.39, 0.29) is 0 Å². The molecule has 1 aliphatic carbocycles. The van der Waals surface area contributed by atoms with Gasteiger partial charge in [-0.25, -0.2) is 4.98 Å². The minimum atomic E-state index is 0.486. The van der Waals surface area contributed by atoms with Crippen LogP contribution in [0.1, 0.15) is 18.5 Å². The second-order valence-electron chi connectivity index (χ2n) is 6.84. The minimum absolute atomic E-state index is 0.486. The van der Waals surface area contributed by atoms with E-state index in [0.717, 1.165) is 30.6 Å². The summed E-state index contributed by atoms with van der Waals surface area (Å²) in [6.07, 6.45) is 4.04. The lowest BCUT2D eigenvalue weighted by atomic mass is 10.0. The molecule has 0 bridgehead atoms. The number of halogens is 1. The molecule has 7 nitrogen and oxygen atoms in total. The molecule has 0 radical (unpaired) electrons. The standard InChI is InChI=1S/C16H22ClN7/c1-9-3-14(23-22-9)20-15-13(17)8-19-16(21-15)24(2)12-4-10-6-18-7-11(10)5-12/h3,8,10-12,18H,4-7H2,1-2H3,(H2,19,20,21,22,23). The number of fused-ring (bicyclic) bond motifs is 1. The van der Waals surface area contributed by atoms with Crippen molar-refractivity contribution in [3.8, 4) is 0 Å². The fourth-order valence-corrected chi connectivity index (χ4v) is 3.97. The predicted molar refractivity (Wildman–Crippen MR) is 94.9 cm³/mol. The zero-order chi connectivity index (χ0) is 16.7. The fraction of sp³-hybridized carbons (Fsp3) is 0.562. The second-order valence-corrected chi connectivity index (χ2v) is 7.25. The lowest BCUT2D eigenvalue weighted by Crippen LogP contribution is -2.32. The third-order valence-corrected chi connectivity index (χ3v) is 5.45. The predicted octanol–water partition coefficient (Wildman–Crippen LogP) is 2.34. The van der Waals surface area contributed by atoms with Crippen LogP contribution in [0.4, 0.5) is 17.6 Å². The van der Waals surface area contributed by atoms with Crippen LogP contribution in [0, 0.1) is 18.8 Å². The number of aromatic nitrogens is 4. The summed E-state index contributed by atoms with van der Waals surface area (Å²) in [5, 5.41) is 14.2. The van der Waals surface area contributed by atoms with E-state index in [0.29, 0.717) is 28.6 Å². The van der Waals surface area contributed by atoms with Gasteiger partial charge in [-0.1, -0.05) is 11.6 Å². The van der Waals surface area contributed by atoms with Crippen LogP contribution in [0.25, 0.3) is 0 Å². The normalized spacial score (nSPS) is 25.7. The first kappa shape index (κ1) is 15.7. The highest BCUT2D eigenvalue weighted by Gasteiger charge is 2.39. The van der Waals surface area contributed by atoms with E-state index in [1.807, 2.05) is 13.0 Å². The lowest BCUT2D eigenvalue weighted by Gasteiger charge is -2.25. The highest BCUT2D eigenvalue weighted by molar-refractivity contribution is 6.32. The zero-order valence-corrected chi connectivity index (χ0v) is 14.6. The Balaban J connectivity index is 1.52. The Hall–Kier alpha value is -1.86. The van der Waals surface area contributed by atoms with Crippen LogP contribution in [0.3, 0.4) is 0 Å². The SMILES string of the molecule is Cc1cc(Nc2nc(N(C)C3CC4CNCC4C3)ncc2Cl)n[nH]1. The Morgan fingerprint density at radius 2 is 2.04 bits per heavy atom. The van der Waals surface area contributed by atoms with Crippen LogP contribution in [-0.2, 0) is 0 Å². The molecule has 0 spiro atoms. The van der Waals surface area contributed by atoms with Gasteiger partial charge in [0.15, 0.2) is 11.6 Å². The van der Waals surface area contributed by atoms with E-state index >= 15 is 0 Å². The number of nitrogens with one attached hydrogen (secondary N) is 3. The van der Waals surface area contributed by atoms with Crippen molar-refractivity contribution in [2.24, 2.45) is 11.8 Å². The fourth-order valence-electron chi connectivity index (χ4n) is 3.83. The molecule has 2 aromatic heterocycles. The molecule has 0 amide bonds. The molecular formula is C16H22ClN7. The van der Waals surface area contributed by atoms with E-state index in [2.05, 4.69) is 42.7 Å². The molecule has 2 aromatic rings. The van der Waals surface area contributed by atoms with E-state index in [1.165, 1.54) is 12.8 Å². The Kier molecular flexibility index (Phi) is 4.05. The summed E-state index contributed by atoms with van der Waals surface area (Å²) >= 11 is 6.24. The van der Waals surface area contributed by atoms with Crippen LogP contribution in [-0.4, -0.2) is 46.3 Å². The summed E-state index contributed by atoms with van der Waals surface area (Å²) < 4.78 is 0. The van der Waals surface area contributed by atoms with Crippen molar-refractivity contribution in [1.82, 2.24) is 25.5 Å². The lowest BCUT2D eigenvalue weighted by molar-refractivity contribution is 0.494. The minimum Gasteiger partial charge on any atom is -0.341 e. The van der Waals surface area contributed by atoms with Gasteiger partial charge in [0.25, 0.3) is 0 Å². The molecule has 128 valence electrons. The number of aryl methyl sites for hydroxylation is 1. The average molecular weight is 348 g/mol. The van der Waals surface area contributed by atoms with Crippen molar-refractivity contribution in [2.75, 3.05) is 30.4 Å². The first-order valence-corrected chi connectivity index (χ1v) is 8.73. The molecule has 3 heterocycles. The highest BCUT2D eigenvalue weighted by Crippen LogP contribution is 2.37. The van der Waals surface area contributed by atoms with Crippen LogP contribution in [0.15, 0.2) is 12.3 Å². The third kappa shape index (κ3) is 2.93. The molecule has 2 aliphatic rings. The summed E-state index contributed by atoms with van der Waals surface area (Å²) in [5.41, 5.74) is 0.978. The summed E-state index contributed by atoms with van der Waals surface area (Å²) in [4.78, 5) is 11.2. The maximum absolute atomic E-state index is 6.24. The summed E-state index contributed by atoms with van der Waals surface area (Å²) in [5.74, 6) is 3.55. The molecule has 24 heavy (non-hydrogen) atoms. The van der Waals surface area contributed by atoms with Crippen molar-refractivity contribution < 1.29 is 0 Å². The third-order valence-electron chi connectivity index (χ3n) is 5.18. The van der Waals surface area contributed by atoms with Crippen molar-refractivity contribution in [2.45, 2.75) is 25.8 Å². The quantitative estimate of drug-likeness (QED) is 0.787. The van der Waals surface area contributed by atoms with Gasteiger partial charge in [0.2, 0.25) is 5.95 Å². The van der Waals surface area contributed by atoms with Gasteiger partial charge < -0.3 is 15.5 Å². The molecule has 2 atom stereocenters. The molecular weight excluding hydrogens is 326 g/mol. The Bertz CT molecular complexity index is 719. The van der Waals surface area contributed by atoms with E-state index < -0.39 is 0 Å². The van der Waals surface area contributed by atoms with E-state index in [4.69, 9.17) is 11.6 Å². The number of hydrogen-bond acceptors (Lipinski definition) is 6. The highest BCUT2D eigenvalue weighted by atomic mass is 35.5. The molecule has 2 unspecified atom stereocenters. The van der Waals surface area contributed by atoms with E-state index in [1.54, 1.807) is 6.20 Å². The summed E-state index contributed by atoms with van der Waals surface area (Å²) in [6.45, 7) is 4.23. The van der Waals surface area contributed by atoms with Crippen LogP contribution in [0.5, 0.6) is 0 Å². The Morgan fingerprint density at radius 1 is 1.29 bits per heavy atom. The van der Waals surface area contributed by atoms with Gasteiger partial charge in [-0.3, -0.25) is 5.10 Å². The topological polar surface area (TPSA) is 81.8 Å². The molecule has 2 fully saturated rings. The van der Waals surface area contributed by atoms with Crippen LogP contribution < -0.4 is 15.5 Å². The van der Waals surface area contributed by atoms with E-state index in [9.17, 15) is 0 Å². The molecule has 0 aromatic carbocycles. The van der Waals surface area contributed by atoms with Gasteiger partial charge in [-0.05, 0) is 44.7 Å². The van der Waals surface area contributed by atoms with Gasteiger partial charge >= 0.3 is 0 Å². The number of anilines is 3. The molecule has 4 rings (SSSR count). The number of rotatable bonds is 4. The smallest absolute Gasteiger partial charge is 0.227 e. The number of hydrogen-bond donors (Lipinski definition) is 3. The van der Waals surface area contributed by atoms with Crippen molar-refractivity contribution in [1.29, 1.82) is 0 Å². The van der Waals surface area contributed by atoms with Crippen molar-refractivity contribution in [3.05, 3.63) is 23.0 Å². The number of nitrogens with zero attached hydrogens (tertiary/aromatic N) is 4. The first-order valence-electron chi connectivity index (χ1n) is 8.35. The average Bonchev–Trinajstić information content (AvgIpc) is 3.24. The number of aromatic amines is 1. The van der Waals surface area contributed by atoms with Gasteiger partial charge in [0.1, 0.15) is 5.02 Å². The monoisotopic (exact) mass is 347 g/mol. The largest absolute Gasteiger partial charge is 0.341 e. The molecule has 8 heteroatoms. The molecule has 1 saturated carbocycles. The Labute approximate surface area is 146 Å². The molecule has 3 N–H and O–H groups in total. The maximum atomic E-state index is 6.24. The molecule has 1 aliphatic heterocycles. The number of H-pyrrole nitrogens is 1. The summed E-state index contributed by atoms with van der Waals surface area (Å²) in [7, 11) is 2.07. The van der Waals surface area contributed by atoms with Gasteiger partial charge in [0, 0.05) is 24.8 Å². The first-order chi connectivity index (χ1) is 11.6. The van der Waals surface area contributed by atoms with Crippen LogP contribution in [0.2, 0.25) is 5.02 Å². The van der Waals surface area contributed by atoms with Gasteiger partial charge in [-0.15, -0.1) is 0 Å². The molecule has 1 saturated heterocycles. The maximum Gasteiger partial charge on any atom is 0.227 e. The van der Waals surface area contributed by atoms with Crippen LogP contribution >= 0.6 is 11.6 Å². The second kappa shape index (κ2) is 6.22. The zero-order valence-electron chi connectivity index (χ0n) is 13.9. The summed E-state index contributed by atoms with van der Waals surface area (Å²) in [6, 6.07) is 2.40. The van der Waals surface area contributed by atoms with Gasteiger partial charge in [0.05, 0.1) is 6.20 Å². The van der Waals surface area contributed by atoms with Crippen molar-refractivity contribution in [3.63, 3.8) is 0 Å². The van der Waals surface area contributed by atoms with Gasteiger partial charge in [-0.2, -0.15) is 10.1 Å².